The Hall–Kier alpha value is -3.72. The van der Waals surface area contributed by atoms with Crippen molar-refractivity contribution in [3.8, 4) is 0 Å². The van der Waals surface area contributed by atoms with Gasteiger partial charge in [-0.05, 0) is 37.4 Å². The lowest BCUT2D eigenvalue weighted by Crippen LogP contribution is -2.31. The van der Waals surface area contributed by atoms with Gasteiger partial charge < -0.3 is 9.47 Å². The molecule has 1 amide bonds. The van der Waals surface area contributed by atoms with E-state index >= 15 is 0 Å². The molecule has 33 heavy (non-hydrogen) atoms. The van der Waals surface area contributed by atoms with Gasteiger partial charge in [0.25, 0.3) is 5.56 Å². The molecule has 9 heteroatoms. The molecule has 0 atom stereocenters. The summed E-state index contributed by atoms with van der Waals surface area (Å²) >= 11 is 0. The summed E-state index contributed by atoms with van der Waals surface area (Å²) in [5.74, 6) is 0.239. The first-order valence-electron chi connectivity index (χ1n) is 11.2. The normalized spacial score (nSPS) is 11.5. The summed E-state index contributed by atoms with van der Waals surface area (Å²) in [6.45, 7) is 7.83. The maximum Gasteiger partial charge on any atom is 0.328 e. The fraction of sp³-hybridized carbons (Fsp3) is 0.333. The molecular formula is C24H28N6O3. The number of imidazole rings is 1. The van der Waals surface area contributed by atoms with Crippen molar-refractivity contribution in [2.75, 3.05) is 25.0 Å². The Kier molecular flexibility index (Phi) is 6.69. The molecule has 0 unspecified atom stereocenters. The van der Waals surface area contributed by atoms with Crippen LogP contribution in [0.4, 0.5) is 5.95 Å². The number of carbonyl (C=O) groups excluding carboxylic acids is 1. The van der Waals surface area contributed by atoms with E-state index in [0.717, 1.165) is 30.7 Å². The summed E-state index contributed by atoms with van der Waals surface area (Å²) in [4.78, 5) is 46.5. The first-order chi connectivity index (χ1) is 16.0. The molecule has 0 aliphatic carbocycles. The van der Waals surface area contributed by atoms with Gasteiger partial charge in [-0.25, -0.2) is 9.78 Å². The molecule has 4 aromatic rings. The lowest BCUT2D eigenvalue weighted by atomic mass is 10.2. The highest BCUT2D eigenvalue weighted by Gasteiger charge is 2.15. The molecule has 2 N–H and O–H groups in total. The summed E-state index contributed by atoms with van der Waals surface area (Å²) < 4.78 is 3.44. The van der Waals surface area contributed by atoms with Crippen LogP contribution in [0.25, 0.3) is 21.9 Å². The minimum Gasteiger partial charge on any atom is -0.309 e. The zero-order valence-electron chi connectivity index (χ0n) is 18.9. The van der Waals surface area contributed by atoms with E-state index in [1.54, 1.807) is 24.3 Å². The second kappa shape index (κ2) is 9.83. The van der Waals surface area contributed by atoms with Crippen molar-refractivity contribution in [2.45, 2.75) is 33.4 Å². The summed E-state index contributed by atoms with van der Waals surface area (Å²) in [6, 6.07) is 14.6. The first-order valence-corrected chi connectivity index (χ1v) is 11.2. The van der Waals surface area contributed by atoms with Crippen molar-refractivity contribution in [3.05, 3.63) is 69.4 Å². The van der Waals surface area contributed by atoms with Crippen molar-refractivity contribution in [3.63, 3.8) is 0 Å². The van der Waals surface area contributed by atoms with Gasteiger partial charge >= 0.3 is 5.69 Å². The number of rotatable bonds is 9. The standard InChI is InChI=1S/C24H28N6O3/c1-3-28(4-2)15-16-29-20-12-8-6-10-18(20)25-23(29)26-21(31)13-14-30-19-11-7-5-9-17(19)22(32)27-24(30)33/h5-12H,3-4,13-16H2,1-2H3,(H,25,26,31)(H,27,32,33). The van der Waals surface area contributed by atoms with Crippen molar-refractivity contribution >= 4 is 33.8 Å². The Morgan fingerprint density at radius 2 is 1.67 bits per heavy atom. The fourth-order valence-electron chi connectivity index (χ4n) is 4.04. The van der Waals surface area contributed by atoms with Crippen LogP contribution in [-0.4, -0.2) is 49.5 Å². The van der Waals surface area contributed by atoms with Crippen LogP contribution in [0.15, 0.2) is 58.1 Å². The molecule has 0 fully saturated rings. The van der Waals surface area contributed by atoms with E-state index in [-0.39, 0.29) is 18.9 Å². The first kappa shape index (κ1) is 22.5. The van der Waals surface area contributed by atoms with Crippen LogP contribution in [0.1, 0.15) is 20.3 Å². The molecule has 2 aromatic heterocycles. The number of H-pyrrole nitrogens is 1. The third kappa shape index (κ3) is 4.73. The number of amides is 1. The van der Waals surface area contributed by atoms with E-state index < -0.39 is 11.2 Å². The van der Waals surface area contributed by atoms with E-state index in [0.29, 0.717) is 23.4 Å². The molecule has 0 bridgehead atoms. The van der Waals surface area contributed by atoms with Crippen molar-refractivity contribution in [2.24, 2.45) is 0 Å². The average molecular weight is 449 g/mol. The van der Waals surface area contributed by atoms with Crippen LogP contribution in [0.5, 0.6) is 0 Å². The summed E-state index contributed by atoms with van der Waals surface area (Å²) in [7, 11) is 0. The van der Waals surface area contributed by atoms with Gasteiger partial charge in [0.05, 0.1) is 21.9 Å². The van der Waals surface area contributed by atoms with Gasteiger partial charge in [-0.2, -0.15) is 0 Å². The number of benzene rings is 2. The van der Waals surface area contributed by atoms with E-state index in [2.05, 4.69) is 34.0 Å². The number of aryl methyl sites for hydroxylation is 1. The largest absolute Gasteiger partial charge is 0.328 e. The minimum atomic E-state index is -0.530. The molecule has 4 rings (SSSR count). The Bertz CT molecular complexity index is 1400. The molecule has 9 nitrogen and oxygen atoms in total. The van der Waals surface area contributed by atoms with Crippen LogP contribution >= 0.6 is 0 Å². The van der Waals surface area contributed by atoms with Gasteiger partial charge in [-0.1, -0.05) is 38.1 Å². The highest BCUT2D eigenvalue weighted by atomic mass is 16.2. The number of anilines is 1. The van der Waals surface area contributed by atoms with Crippen LogP contribution in [0.3, 0.4) is 0 Å². The Balaban J connectivity index is 1.54. The number of aromatic nitrogens is 4. The third-order valence-electron chi connectivity index (χ3n) is 5.91. The highest BCUT2D eigenvalue weighted by Crippen LogP contribution is 2.20. The number of para-hydroxylation sites is 3. The smallest absolute Gasteiger partial charge is 0.309 e. The van der Waals surface area contributed by atoms with Crippen LogP contribution in [0.2, 0.25) is 0 Å². The van der Waals surface area contributed by atoms with Crippen molar-refractivity contribution in [1.82, 2.24) is 24.0 Å². The Labute approximate surface area is 190 Å². The van der Waals surface area contributed by atoms with Crippen LogP contribution < -0.4 is 16.6 Å². The highest BCUT2D eigenvalue weighted by molar-refractivity contribution is 5.91. The molecule has 0 saturated heterocycles. The number of likely N-dealkylation sites (N-methyl/N-ethyl adjacent to an activating group) is 1. The molecule has 0 radical (unpaired) electrons. The molecule has 0 saturated carbocycles. The molecule has 2 aromatic carbocycles. The number of carbonyl (C=O) groups is 1. The molecule has 0 aliphatic heterocycles. The van der Waals surface area contributed by atoms with Gasteiger partial charge in [-0.3, -0.25) is 24.5 Å². The topological polar surface area (TPSA) is 105 Å². The average Bonchev–Trinajstić information content (AvgIpc) is 3.16. The summed E-state index contributed by atoms with van der Waals surface area (Å²) in [5.41, 5.74) is 1.32. The molecule has 0 spiro atoms. The number of hydrogen-bond donors (Lipinski definition) is 2. The Morgan fingerprint density at radius 3 is 2.42 bits per heavy atom. The number of fused-ring (bicyclic) bond motifs is 2. The molecule has 172 valence electrons. The van der Waals surface area contributed by atoms with Crippen molar-refractivity contribution < 1.29 is 4.79 Å². The van der Waals surface area contributed by atoms with E-state index in [4.69, 9.17) is 0 Å². The lowest BCUT2D eigenvalue weighted by Gasteiger charge is -2.19. The zero-order chi connectivity index (χ0) is 23.4. The number of aromatic amines is 1. The second-order valence-electron chi connectivity index (χ2n) is 7.83. The summed E-state index contributed by atoms with van der Waals surface area (Å²) in [5, 5.41) is 3.33. The second-order valence-corrected chi connectivity index (χ2v) is 7.83. The predicted octanol–water partition coefficient (Wildman–Crippen LogP) is 2.41. The number of hydrogen-bond acceptors (Lipinski definition) is 5. The molecule has 2 heterocycles. The fourth-order valence-corrected chi connectivity index (χ4v) is 4.04. The monoisotopic (exact) mass is 448 g/mol. The van der Waals surface area contributed by atoms with E-state index in [9.17, 15) is 14.4 Å². The van der Waals surface area contributed by atoms with Crippen LogP contribution in [0, 0.1) is 0 Å². The minimum absolute atomic E-state index is 0.0647. The van der Waals surface area contributed by atoms with Crippen molar-refractivity contribution in [1.29, 1.82) is 0 Å². The van der Waals surface area contributed by atoms with Gasteiger partial charge in [0.2, 0.25) is 11.9 Å². The van der Waals surface area contributed by atoms with Gasteiger partial charge in [0.1, 0.15) is 0 Å². The predicted molar refractivity (Wildman–Crippen MR) is 130 cm³/mol. The number of nitrogens with one attached hydrogen (secondary N) is 2. The maximum atomic E-state index is 12.8. The SMILES string of the molecule is CCN(CC)CCn1c(NC(=O)CCn2c(=O)[nH]c(=O)c3ccccc32)nc2ccccc21. The summed E-state index contributed by atoms with van der Waals surface area (Å²) in [6.07, 6.45) is 0.0647. The van der Waals surface area contributed by atoms with Crippen LogP contribution in [-0.2, 0) is 17.9 Å². The zero-order valence-corrected chi connectivity index (χ0v) is 18.9. The van der Waals surface area contributed by atoms with E-state index in [1.807, 2.05) is 28.8 Å². The maximum absolute atomic E-state index is 12.8. The third-order valence-corrected chi connectivity index (χ3v) is 5.91. The van der Waals surface area contributed by atoms with Gasteiger partial charge in [0, 0.05) is 26.1 Å². The number of nitrogens with zero attached hydrogens (tertiary/aromatic N) is 4. The molecular weight excluding hydrogens is 420 g/mol. The lowest BCUT2D eigenvalue weighted by molar-refractivity contribution is -0.116. The van der Waals surface area contributed by atoms with E-state index in [1.165, 1.54) is 4.57 Å². The van der Waals surface area contributed by atoms with Gasteiger partial charge in [0.15, 0.2) is 0 Å². The Morgan fingerprint density at radius 1 is 0.970 bits per heavy atom. The quantitative estimate of drug-likeness (QED) is 0.409. The van der Waals surface area contributed by atoms with Gasteiger partial charge in [-0.15, -0.1) is 0 Å². The molecule has 0 aliphatic rings.